The summed E-state index contributed by atoms with van der Waals surface area (Å²) in [5, 5.41) is 17.3. The summed E-state index contributed by atoms with van der Waals surface area (Å²) < 4.78 is 1.87. The zero-order chi connectivity index (χ0) is 13.4. The summed E-state index contributed by atoms with van der Waals surface area (Å²) in [5.41, 5.74) is 0.686. The normalized spacial score (nSPS) is 19.8. The van der Waals surface area contributed by atoms with Gasteiger partial charge in [0.15, 0.2) is 5.82 Å². The van der Waals surface area contributed by atoms with Crippen LogP contribution >= 0.6 is 0 Å². The van der Waals surface area contributed by atoms with E-state index >= 15 is 0 Å². The van der Waals surface area contributed by atoms with Gasteiger partial charge in [0, 0.05) is 25.5 Å². The van der Waals surface area contributed by atoms with Gasteiger partial charge in [-0.05, 0) is 19.8 Å². The average molecular weight is 261 g/mol. The highest BCUT2D eigenvalue weighted by Crippen LogP contribution is 2.24. The van der Waals surface area contributed by atoms with Crippen LogP contribution in [-0.2, 0) is 4.79 Å². The first kappa shape index (κ1) is 11.9. The molecule has 1 aliphatic rings. The summed E-state index contributed by atoms with van der Waals surface area (Å²) in [6.07, 6.45) is 5.09. The number of carboxylic acid groups (broad SMARTS) is 1. The Hall–Kier alpha value is -2.18. The van der Waals surface area contributed by atoms with Crippen LogP contribution in [0.1, 0.15) is 18.7 Å². The van der Waals surface area contributed by atoms with Crippen LogP contribution in [0.5, 0.6) is 0 Å². The van der Waals surface area contributed by atoms with Crippen molar-refractivity contribution in [2.75, 3.05) is 18.0 Å². The number of hydrogen-bond donors (Lipinski definition) is 1. The predicted molar refractivity (Wildman–Crippen MR) is 68.1 cm³/mol. The molecular weight excluding hydrogens is 246 g/mol. The van der Waals surface area contributed by atoms with E-state index in [0.29, 0.717) is 18.0 Å². The van der Waals surface area contributed by atoms with Crippen LogP contribution in [0.4, 0.5) is 5.82 Å². The molecule has 3 rings (SSSR count). The van der Waals surface area contributed by atoms with Gasteiger partial charge in [-0.15, -0.1) is 10.2 Å². The second-order valence-corrected chi connectivity index (χ2v) is 4.82. The lowest BCUT2D eigenvalue weighted by Crippen LogP contribution is -2.39. The monoisotopic (exact) mass is 261 g/mol. The second-order valence-electron chi connectivity index (χ2n) is 4.82. The maximum Gasteiger partial charge on any atom is 0.308 e. The summed E-state index contributed by atoms with van der Waals surface area (Å²) in [7, 11) is 0. The number of carboxylic acids is 1. The Morgan fingerprint density at radius 3 is 3.11 bits per heavy atom. The summed E-state index contributed by atoms with van der Waals surface area (Å²) in [6.45, 7) is 3.16. The molecule has 0 aromatic carbocycles. The molecule has 2 aromatic rings. The van der Waals surface area contributed by atoms with E-state index in [9.17, 15) is 4.79 Å². The number of aryl methyl sites for hydroxylation is 1. The SMILES string of the molecule is Cc1nnc2c(N3CCCC(C(=O)O)C3)nccn12. The third kappa shape index (κ3) is 2.00. The minimum atomic E-state index is -0.741. The molecule has 2 aromatic heterocycles. The molecule has 1 fully saturated rings. The highest BCUT2D eigenvalue weighted by molar-refractivity contribution is 5.72. The molecule has 0 aliphatic carbocycles. The Bertz CT molecular complexity index is 624. The standard InChI is InChI=1S/C12H15N5O2/c1-8-14-15-11-10(13-4-6-17(8)11)16-5-2-3-9(7-16)12(18)19/h4,6,9H,2-3,5,7H2,1H3,(H,18,19). The molecule has 19 heavy (non-hydrogen) atoms. The number of anilines is 1. The van der Waals surface area contributed by atoms with Crippen molar-refractivity contribution in [2.24, 2.45) is 5.92 Å². The maximum absolute atomic E-state index is 11.1. The molecule has 1 atom stereocenters. The molecule has 0 amide bonds. The van der Waals surface area contributed by atoms with E-state index in [1.165, 1.54) is 0 Å². The molecule has 1 saturated heterocycles. The second kappa shape index (κ2) is 4.49. The summed E-state index contributed by atoms with van der Waals surface area (Å²) in [5.74, 6) is 0.439. The van der Waals surface area contributed by atoms with E-state index < -0.39 is 5.97 Å². The van der Waals surface area contributed by atoms with Crippen LogP contribution < -0.4 is 4.90 Å². The number of piperidine rings is 1. The number of aromatic nitrogens is 4. The van der Waals surface area contributed by atoms with Gasteiger partial charge >= 0.3 is 5.97 Å². The van der Waals surface area contributed by atoms with Crippen LogP contribution in [0, 0.1) is 12.8 Å². The lowest BCUT2D eigenvalue weighted by atomic mass is 9.98. The molecule has 3 heterocycles. The maximum atomic E-state index is 11.1. The molecular formula is C12H15N5O2. The molecule has 1 unspecified atom stereocenters. The Labute approximate surface area is 109 Å². The van der Waals surface area contributed by atoms with Crippen LogP contribution in [0.2, 0.25) is 0 Å². The van der Waals surface area contributed by atoms with Crippen molar-refractivity contribution in [1.82, 2.24) is 19.6 Å². The van der Waals surface area contributed by atoms with Gasteiger partial charge in [-0.3, -0.25) is 9.20 Å². The molecule has 0 bridgehead atoms. The van der Waals surface area contributed by atoms with Crippen LogP contribution in [0.3, 0.4) is 0 Å². The van der Waals surface area contributed by atoms with Crippen molar-refractivity contribution in [2.45, 2.75) is 19.8 Å². The fourth-order valence-corrected chi connectivity index (χ4v) is 2.52. The summed E-state index contributed by atoms with van der Waals surface area (Å²) in [4.78, 5) is 17.5. The first-order valence-corrected chi connectivity index (χ1v) is 6.31. The number of rotatable bonds is 2. The first-order chi connectivity index (χ1) is 9.16. The van der Waals surface area contributed by atoms with Gasteiger partial charge in [0.25, 0.3) is 0 Å². The Morgan fingerprint density at radius 2 is 2.32 bits per heavy atom. The Balaban J connectivity index is 1.97. The number of hydrogen-bond acceptors (Lipinski definition) is 5. The van der Waals surface area contributed by atoms with E-state index in [1.807, 2.05) is 22.4 Å². The number of nitrogens with zero attached hydrogens (tertiary/aromatic N) is 5. The van der Waals surface area contributed by atoms with Crippen molar-refractivity contribution in [3.63, 3.8) is 0 Å². The third-order valence-corrected chi connectivity index (χ3v) is 3.55. The zero-order valence-corrected chi connectivity index (χ0v) is 10.7. The number of fused-ring (bicyclic) bond motifs is 1. The van der Waals surface area contributed by atoms with Crippen molar-refractivity contribution in [1.29, 1.82) is 0 Å². The highest BCUT2D eigenvalue weighted by Gasteiger charge is 2.27. The molecule has 7 heteroatoms. The van der Waals surface area contributed by atoms with E-state index in [0.717, 1.165) is 25.2 Å². The van der Waals surface area contributed by atoms with Gasteiger partial charge in [0.2, 0.25) is 5.65 Å². The van der Waals surface area contributed by atoms with Crippen molar-refractivity contribution in [3.8, 4) is 0 Å². The quantitative estimate of drug-likeness (QED) is 0.858. The zero-order valence-electron chi connectivity index (χ0n) is 10.7. The van der Waals surface area contributed by atoms with Crippen molar-refractivity contribution < 1.29 is 9.90 Å². The Morgan fingerprint density at radius 1 is 1.47 bits per heavy atom. The van der Waals surface area contributed by atoms with Gasteiger partial charge < -0.3 is 10.0 Å². The van der Waals surface area contributed by atoms with Gasteiger partial charge in [0.05, 0.1) is 5.92 Å². The third-order valence-electron chi connectivity index (χ3n) is 3.55. The molecule has 0 saturated carbocycles. The first-order valence-electron chi connectivity index (χ1n) is 6.31. The van der Waals surface area contributed by atoms with Gasteiger partial charge in [0.1, 0.15) is 5.82 Å². The van der Waals surface area contributed by atoms with Crippen LogP contribution in [0.15, 0.2) is 12.4 Å². The fourth-order valence-electron chi connectivity index (χ4n) is 2.52. The number of aliphatic carboxylic acids is 1. The smallest absolute Gasteiger partial charge is 0.308 e. The molecule has 7 nitrogen and oxygen atoms in total. The summed E-state index contributed by atoms with van der Waals surface area (Å²) >= 11 is 0. The predicted octanol–water partition coefficient (Wildman–Crippen LogP) is 0.734. The molecule has 1 N–H and O–H groups in total. The summed E-state index contributed by atoms with van der Waals surface area (Å²) in [6, 6.07) is 0. The molecule has 0 radical (unpaired) electrons. The van der Waals surface area contributed by atoms with Crippen LogP contribution in [-0.4, -0.2) is 43.7 Å². The van der Waals surface area contributed by atoms with Crippen LogP contribution in [0.25, 0.3) is 5.65 Å². The van der Waals surface area contributed by atoms with Gasteiger partial charge in [-0.25, -0.2) is 4.98 Å². The van der Waals surface area contributed by atoms with Crippen molar-refractivity contribution in [3.05, 3.63) is 18.2 Å². The fraction of sp³-hybridized carbons (Fsp3) is 0.500. The van der Waals surface area contributed by atoms with E-state index in [2.05, 4.69) is 15.2 Å². The van der Waals surface area contributed by atoms with E-state index in [4.69, 9.17) is 5.11 Å². The molecule has 1 aliphatic heterocycles. The van der Waals surface area contributed by atoms with E-state index in [1.54, 1.807) is 6.20 Å². The largest absolute Gasteiger partial charge is 0.481 e. The minimum Gasteiger partial charge on any atom is -0.481 e. The lowest BCUT2D eigenvalue weighted by Gasteiger charge is -2.31. The van der Waals surface area contributed by atoms with Gasteiger partial charge in [-0.2, -0.15) is 0 Å². The highest BCUT2D eigenvalue weighted by atomic mass is 16.4. The van der Waals surface area contributed by atoms with Gasteiger partial charge in [-0.1, -0.05) is 0 Å². The molecule has 100 valence electrons. The average Bonchev–Trinajstić information content (AvgIpc) is 2.81. The van der Waals surface area contributed by atoms with E-state index in [-0.39, 0.29) is 5.92 Å². The van der Waals surface area contributed by atoms with Crippen molar-refractivity contribution >= 4 is 17.4 Å². The molecule has 0 spiro atoms. The Kier molecular flexibility index (Phi) is 2.81. The topological polar surface area (TPSA) is 83.6 Å². The minimum absolute atomic E-state index is 0.333. The lowest BCUT2D eigenvalue weighted by molar-refractivity contribution is -0.141. The number of carbonyl (C=O) groups is 1.